The number of hydrogen-bond donors (Lipinski definition) is 2. The molecule has 0 aliphatic carbocycles. The fraction of sp³-hybridized carbons (Fsp3) is 0.103. The summed E-state index contributed by atoms with van der Waals surface area (Å²) in [4.78, 5) is 20.2. The van der Waals surface area contributed by atoms with Gasteiger partial charge in [-0.25, -0.2) is 4.98 Å². The second-order valence-electron chi connectivity index (χ2n) is 8.07. The molecule has 2 N–H and O–H groups in total. The number of nitrogens with one attached hydrogen (secondary N) is 2. The van der Waals surface area contributed by atoms with Crippen molar-refractivity contribution >= 4 is 16.9 Å². The van der Waals surface area contributed by atoms with Crippen LogP contribution in [0.5, 0.6) is 11.5 Å². The molecule has 0 aliphatic rings. The summed E-state index contributed by atoms with van der Waals surface area (Å²) >= 11 is 0. The molecule has 1 amide bonds. The quantitative estimate of drug-likeness (QED) is 0.287. The molecule has 5 heteroatoms. The number of para-hydroxylation sites is 2. The van der Waals surface area contributed by atoms with E-state index in [1.807, 2.05) is 98.2 Å². The lowest BCUT2D eigenvalue weighted by Gasteiger charge is -2.11. The van der Waals surface area contributed by atoms with Gasteiger partial charge in [-0.05, 0) is 48.4 Å². The number of ether oxygens (including phenoxy) is 1. The summed E-state index contributed by atoms with van der Waals surface area (Å²) in [6, 6.07) is 27.5. The van der Waals surface area contributed by atoms with Gasteiger partial charge in [-0.3, -0.25) is 4.79 Å². The van der Waals surface area contributed by atoms with Gasteiger partial charge < -0.3 is 15.0 Å². The molecule has 34 heavy (non-hydrogen) atoms. The number of benzene rings is 3. The maximum Gasteiger partial charge on any atom is 0.251 e. The lowest BCUT2D eigenvalue weighted by molar-refractivity contribution is 0.0953. The van der Waals surface area contributed by atoms with Crippen LogP contribution in [0, 0.1) is 0 Å². The Morgan fingerprint density at radius 3 is 2.47 bits per heavy atom. The zero-order valence-corrected chi connectivity index (χ0v) is 18.9. The molecule has 0 saturated heterocycles. The zero-order chi connectivity index (χ0) is 23.3. The van der Waals surface area contributed by atoms with Gasteiger partial charge >= 0.3 is 0 Å². The van der Waals surface area contributed by atoms with E-state index in [0.717, 1.165) is 51.2 Å². The number of carbonyl (C=O) groups is 1. The smallest absolute Gasteiger partial charge is 0.251 e. The normalized spacial score (nSPS) is 10.9. The number of hydrogen-bond acceptors (Lipinski definition) is 3. The van der Waals surface area contributed by atoms with E-state index in [-0.39, 0.29) is 5.91 Å². The van der Waals surface area contributed by atoms with Crippen molar-refractivity contribution in [2.75, 3.05) is 6.54 Å². The van der Waals surface area contributed by atoms with Crippen LogP contribution in [0.3, 0.4) is 0 Å². The Kier molecular flexibility index (Phi) is 6.08. The highest BCUT2D eigenvalue weighted by Crippen LogP contribution is 2.36. The summed E-state index contributed by atoms with van der Waals surface area (Å²) in [5, 5.41) is 3.92. The summed E-state index contributed by atoms with van der Waals surface area (Å²) in [7, 11) is 0. The standard InChI is InChI=1S/C29H25N3O2/c1-2-16-30-29(33)21-14-12-20(13-15-21)26-19-32-28-25(26)17-22(18-31-28)24-10-6-7-11-27(24)34-23-8-4-3-5-9-23/h3-15,17-19H,2,16H2,1H3,(H,30,33)(H,31,32). The molecule has 0 aliphatic heterocycles. The van der Waals surface area contributed by atoms with Crippen molar-refractivity contribution in [1.82, 2.24) is 15.3 Å². The van der Waals surface area contributed by atoms with Gasteiger partial charge in [0.2, 0.25) is 0 Å². The molecule has 5 rings (SSSR count). The highest BCUT2D eigenvalue weighted by Gasteiger charge is 2.13. The average molecular weight is 448 g/mol. The SMILES string of the molecule is CCCNC(=O)c1ccc(-c2c[nH]c3ncc(-c4ccccc4Oc4ccccc4)cc23)cc1. The van der Waals surface area contributed by atoms with Crippen LogP contribution in [-0.4, -0.2) is 22.4 Å². The second-order valence-corrected chi connectivity index (χ2v) is 8.07. The van der Waals surface area contributed by atoms with Crippen LogP contribution in [0.25, 0.3) is 33.3 Å². The van der Waals surface area contributed by atoms with Crippen molar-refractivity contribution in [3.8, 4) is 33.8 Å². The van der Waals surface area contributed by atoms with Gasteiger partial charge in [0.15, 0.2) is 0 Å². The van der Waals surface area contributed by atoms with Gasteiger partial charge in [0.1, 0.15) is 17.1 Å². The number of rotatable bonds is 7. The minimum atomic E-state index is -0.0497. The lowest BCUT2D eigenvalue weighted by Crippen LogP contribution is -2.23. The number of nitrogens with zero attached hydrogens (tertiary/aromatic N) is 1. The number of H-pyrrole nitrogens is 1. The van der Waals surface area contributed by atoms with Gasteiger partial charge in [-0.1, -0.05) is 55.5 Å². The molecule has 0 unspecified atom stereocenters. The molecule has 0 saturated carbocycles. The van der Waals surface area contributed by atoms with Crippen molar-refractivity contribution in [2.24, 2.45) is 0 Å². The minimum Gasteiger partial charge on any atom is -0.457 e. The van der Waals surface area contributed by atoms with Crippen molar-refractivity contribution in [1.29, 1.82) is 0 Å². The molecule has 5 nitrogen and oxygen atoms in total. The monoisotopic (exact) mass is 447 g/mol. The van der Waals surface area contributed by atoms with Crippen molar-refractivity contribution in [3.05, 3.63) is 103 Å². The first-order valence-electron chi connectivity index (χ1n) is 11.4. The number of aromatic nitrogens is 2. The first kappa shape index (κ1) is 21.5. The Morgan fingerprint density at radius 2 is 1.68 bits per heavy atom. The summed E-state index contributed by atoms with van der Waals surface area (Å²) in [6.07, 6.45) is 4.73. The fourth-order valence-electron chi connectivity index (χ4n) is 3.94. The highest BCUT2D eigenvalue weighted by molar-refractivity contribution is 5.98. The minimum absolute atomic E-state index is 0.0497. The molecule has 0 atom stereocenters. The van der Waals surface area contributed by atoms with Crippen LogP contribution in [0.2, 0.25) is 0 Å². The maximum absolute atomic E-state index is 12.2. The number of carbonyl (C=O) groups excluding carboxylic acids is 1. The highest BCUT2D eigenvalue weighted by atomic mass is 16.5. The van der Waals surface area contributed by atoms with Gasteiger partial charge in [-0.15, -0.1) is 0 Å². The van der Waals surface area contributed by atoms with Crippen LogP contribution in [0.4, 0.5) is 0 Å². The van der Waals surface area contributed by atoms with Gasteiger partial charge in [0, 0.05) is 46.6 Å². The van der Waals surface area contributed by atoms with Crippen LogP contribution in [-0.2, 0) is 0 Å². The molecule has 0 radical (unpaired) electrons. The number of fused-ring (bicyclic) bond motifs is 1. The second kappa shape index (κ2) is 9.63. The summed E-state index contributed by atoms with van der Waals surface area (Å²) < 4.78 is 6.16. The van der Waals surface area contributed by atoms with Gasteiger partial charge in [-0.2, -0.15) is 0 Å². The molecule has 3 aromatic carbocycles. The van der Waals surface area contributed by atoms with Gasteiger partial charge in [0.25, 0.3) is 5.91 Å². The summed E-state index contributed by atoms with van der Waals surface area (Å²) in [5.41, 5.74) is 5.46. The number of aromatic amines is 1. The molecule has 0 fully saturated rings. The van der Waals surface area contributed by atoms with E-state index < -0.39 is 0 Å². The Labute approximate surface area is 198 Å². The van der Waals surface area contributed by atoms with E-state index in [1.165, 1.54) is 0 Å². The Hall–Kier alpha value is -4.38. The number of amides is 1. The van der Waals surface area contributed by atoms with Crippen molar-refractivity contribution in [3.63, 3.8) is 0 Å². The van der Waals surface area contributed by atoms with Crippen LogP contribution >= 0.6 is 0 Å². The summed E-state index contributed by atoms with van der Waals surface area (Å²) in [6.45, 7) is 2.71. The first-order valence-corrected chi connectivity index (χ1v) is 11.4. The van der Waals surface area contributed by atoms with E-state index in [2.05, 4.69) is 21.4 Å². The van der Waals surface area contributed by atoms with E-state index in [4.69, 9.17) is 4.74 Å². The molecule has 0 spiro atoms. The van der Waals surface area contributed by atoms with Crippen molar-refractivity contribution in [2.45, 2.75) is 13.3 Å². The first-order chi connectivity index (χ1) is 16.7. The molecule has 168 valence electrons. The molecular weight excluding hydrogens is 422 g/mol. The Bertz CT molecular complexity index is 1420. The van der Waals surface area contributed by atoms with E-state index in [1.54, 1.807) is 0 Å². The topological polar surface area (TPSA) is 67.0 Å². The third-order valence-corrected chi connectivity index (χ3v) is 5.69. The molecule has 2 heterocycles. The van der Waals surface area contributed by atoms with E-state index in [9.17, 15) is 4.79 Å². The lowest BCUT2D eigenvalue weighted by atomic mass is 10.0. The largest absolute Gasteiger partial charge is 0.457 e. The third-order valence-electron chi connectivity index (χ3n) is 5.69. The summed E-state index contributed by atoms with van der Waals surface area (Å²) in [5.74, 6) is 1.51. The van der Waals surface area contributed by atoms with Crippen molar-refractivity contribution < 1.29 is 9.53 Å². The predicted molar refractivity (Wildman–Crippen MR) is 136 cm³/mol. The predicted octanol–water partition coefficient (Wildman–Crippen LogP) is 6.83. The van der Waals surface area contributed by atoms with E-state index in [0.29, 0.717) is 12.1 Å². The Morgan fingerprint density at radius 1 is 0.912 bits per heavy atom. The van der Waals surface area contributed by atoms with Crippen LogP contribution in [0.15, 0.2) is 97.3 Å². The van der Waals surface area contributed by atoms with Gasteiger partial charge in [0.05, 0.1) is 0 Å². The number of pyridine rings is 1. The molecule has 0 bridgehead atoms. The third kappa shape index (κ3) is 4.41. The fourth-order valence-corrected chi connectivity index (χ4v) is 3.94. The molecular formula is C29H25N3O2. The Balaban J connectivity index is 1.49. The maximum atomic E-state index is 12.2. The molecule has 5 aromatic rings. The zero-order valence-electron chi connectivity index (χ0n) is 18.9. The van der Waals surface area contributed by atoms with Crippen LogP contribution < -0.4 is 10.1 Å². The average Bonchev–Trinajstić information content (AvgIpc) is 3.31. The van der Waals surface area contributed by atoms with Crippen LogP contribution in [0.1, 0.15) is 23.7 Å². The molecule has 2 aromatic heterocycles. The van der Waals surface area contributed by atoms with E-state index >= 15 is 0 Å².